The third-order valence-electron chi connectivity index (χ3n) is 4.46. The summed E-state index contributed by atoms with van der Waals surface area (Å²) in [5, 5.41) is 5.71. The molecule has 0 saturated heterocycles. The maximum absolute atomic E-state index is 13.0. The molecule has 4 nitrogen and oxygen atoms in total. The zero-order chi connectivity index (χ0) is 20.2. The van der Waals surface area contributed by atoms with Gasteiger partial charge in [0.15, 0.2) is 0 Å². The van der Waals surface area contributed by atoms with Crippen LogP contribution < -0.4 is 10.6 Å². The van der Waals surface area contributed by atoms with Gasteiger partial charge in [-0.3, -0.25) is 9.59 Å². The number of anilines is 1. The van der Waals surface area contributed by atoms with E-state index < -0.39 is 0 Å². The summed E-state index contributed by atoms with van der Waals surface area (Å²) in [7, 11) is 0. The van der Waals surface area contributed by atoms with Crippen LogP contribution in [0.4, 0.5) is 10.1 Å². The fraction of sp³-hybridized carbons (Fsp3) is 0.130. The molecule has 29 heavy (non-hydrogen) atoms. The Bertz CT molecular complexity index is 1070. The SMILES string of the molecule is O=C(/C=C/c1ccc(-c2ccc(F)cc2)s1)Nc1cccc(C(=O)NC2CC2)c1. The Morgan fingerprint density at radius 1 is 1.03 bits per heavy atom. The van der Waals surface area contributed by atoms with Crippen LogP contribution in [-0.4, -0.2) is 17.9 Å². The predicted molar refractivity (Wildman–Crippen MR) is 114 cm³/mol. The van der Waals surface area contributed by atoms with Gasteiger partial charge in [-0.1, -0.05) is 18.2 Å². The Hall–Kier alpha value is -3.25. The second-order valence-corrected chi connectivity index (χ2v) is 7.98. The number of thiophene rings is 1. The molecule has 0 aliphatic heterocycles. The Kier molecular flexibility index (Phi) is 5.53. The Morgan fingerprint density at radius 2 is 1.83 bits per heavy atom. The van der Waals surface area contributed by atoms with Crippen molar-refractivity contribution in [2.45, 2.75) is 18.9 Å². The smallest absolute Gasteiger partial charge is 0.251 e. The first-order valence-electron chi connectivity index (χ1n) is 9.32. The summed E-state index contributed by atoms with van der Waals surface area (Å²) in [6, 6.07) is 17.3. The third-order valence-corrected chi connectivity index (χ3v) is 5.56. The molecular weight excluding hydrogens is 387 g/mol. The minimum Gasteiger partial charge on any atom is -0.349 e. The van der Waals surface area contributed by atoms with Crippen LogP contribution in [0.5, 0.6) is 0 Å². The molecule has 0 unspecified atom stereocenters. The summed E-state index contributed by atoms with van der Waals surface area (Å²) in [5.74, 6) is -0.663. The largest absolute Gasteiger partial charge is 0.349 e. The lowest BCUT2D eigenvalue weighted by Crippen LogP contribution is -2.25. The first-order chi connectivity index (χ1) is 14.1. The van der Waals surface area contributed by atoms with Crippen molar-refractivity contribution in [1.82, 2.24) is 5.32 Å². The van der Waals surface area contributed by atoms with Crippen LogP contribution in [0.2, 0.25) is 0 Å². The van der Waals surface area contributed by atoms with Gasteiger partial charge < -0.3 is 10.6 Å². The van der Waals surface area contributed by atoms with Crippen LogP contribution in [-0.2, 0) is 4.79 Å². The fourth-order valence-corrected chi connectivity index (χ4v) is 3.70. The lowest BCUT2D eigenvalue weighted by molar-refractivity contribution is -0.111. The minimum atomic E-state index is -0.276. The third kappa shape index (κ3) is 5.18. The zero-order valence-electron chi connectivity index (χ0n) is 15.5. The predicted octanol–water partition coefficient (Wildman–Crippen LogP) is 5.10. The molecule has 0 atom stereocenters. The number of amides is 2. The molecule has 1 saturated carbocycles. The zero-order valence-corrected chi connectivity index (χ0v) is 16.3. The van der Waals surface area contributed by atoms with Crippen molar-refractivity contribution in [1.29, 1.82) is 0 Å². The van der Waals surface area contributed by atoms with E-state index in [0.29, 0.717) is 11.3 Å². The number of benzene rings is 2. The lowest BCUT2D eigenvalue weighted by Gasteiger charge is -2.06. The van der Waals surface area contributed by atoms with Crippen molar-refractivity contribution in [3.05, 3.63) is 83.0 Å². The topological polar surface area (TPSA) is 58.2 Å². The maximum atomic E-state index is 13.0. The summed E-state index contributed by atoms with van der Waals surface area (Å²) in [6.45, 7) is 0. The number of hydrogen-bond donors (Lipinski definition) is 2. The standard InChI is InChI=1S/C23H19FN2O2S/c24-17-6-4-15(5-7-17)21-12-10-20(29-21)11-13-22(27)25-19-3-1-2-16(14-19)23(28)26-18-8-9-18/h1-7,10-14,18H,8-9H2,(H,25,27)(H,26,28)/b13-11+. The Balaban J connectivity index is 1.37. The molecule has 0 bridgehead atoms. The van der Waals surface area contributed by atoms with Gasteiger partial charge in [0.05, 0.1) is 0 Å². The number of hydrogen-bond acceptors (Lipinski definition) is 3. The molecule has 2 aromatic carbocycles. The molecule has 0 radical (unpaired) electrons. The highest BCUT2D eigenvalue weighted by Gasteiger charge is 2.23. The van der Waals surface area contributed by atoms with Gasteiger partial charge >= 0.3 is 0 Å². The molecule has 1 fully saturated rings. The van der Waals surface area contributed by atoms with E-state index in [1.165, 1.54) is 29.5 Å². The van der Waals surface area contributed by atoms with E-state index >= 15 is 0 Å². The van der Waals surface area contributed by atoms with Gasteiger partial charge in [0, 0.05) is 33.1 Å². The lowest BCUT2D eigenvalue weighted by atomic mass is 10.2. The number of rotatable bonds is 6. The Morgan fingerprint density at radius 3 is 2.59 bits per heavy atom. The number of nitrogens with one attached hydrogen (secondary N) is 2. The first kappa shape index (κ1) is 19.1. The van der Waals surface area contributed by atoms with Crippen LogP contribution in [0.3, 0.4) is 0 Å². The van der Waals surface area contributed by atoms with Gasteiger partial charge in [-0.25, -0.2) is 4.39 Å². The van der Waals surface area contributed by atoms with E-state index in [9.17, 15) is 14.0 Å². The van der Waals surface area contributed by atoms with Gasteiger partial charge in [-0.2, -0.15) is 0 Å². The summed E-state index contributed by atoms with van der Waals surface area (Å²) < 4.78 is 13.0. The molecule has 1 aliphatic carbocycles. The molecule has 1 aliphatic rings. The number of halogens is 1. The van der Waals surface area contributed by atoms with Crippen LogP contribution in [0.1, 0.15) is 28.1 Å². The normalized spacial score (nSPS) is 13.4. The molecule has 2 N–H and O–H groups in total. The monoisotopic (exact) mass is 406 g/mol. The van der Waals surface area contributed by atoms with Crippen LogP contribution >= 0.6 is 11.3 Å². The quantitative estimate of drug-likeness (QED) is 0.560. The van der Waals surface area contributed by atoms with Gasteiger partial charge in [0.2, 0.25) is 5.91 Å². The van der Waals surface area contributed by atoms with Crippen LogP contribution in [0, 0.1) is 5.82 Å². The van der Waals surface area contributed by atoms with Crippen molar-refractivity contribution in [3.63, 3.8) is 0 Å². The van der Waals surface area contributed by atoms with Crippen molar-refractivity contribution in [2.75, 3.05) is 5.32 Å². The molecule has 1 heterocycles. The van der Waals surface area contributed by atoms with Crippen molar-refractivity contribution >= 4 is 34.9 Å². The first-order valence-corrected chi connectivity index (χ1v) is 10.1. The molecule has 0 spiro atoms. The molecule has 4 rings (SSSR count). The average molecular weight is 406 g/mol. The van der Waals surface area contributed by atoms with E-state index in [2.05, 4.69) is 10.6 Å². The maximum Gasteiger partial charge on any atom is 0.251 e. The highest BCUT2D eigenvalue weighted by molar-refractivity contribution is 7.16. The molecule has 146 valence electrons. The minimum absolute atomic E-state index is 0.119. The molecule has 6 heteroatoms. The van der Waals surface area contributed by atoms with E-state index in [-0.39, 0.29) is 23.7 Å². The summed E-state index contributed by atoms with van der Waals surface area (Å²) in [6.07, 6.45) is 5.24. The summed E-state index contributed by atoms with van der Waals surface area (Å²) in [4.78, 5) is 26.3. The van der Waals surface area contributed by atoms with Gasteiger partial charge in [0.1, 0.15) is 5.82 Å². The van der Waals surface area contributed by atoms with Gasteiger partial charge in [-0.05, 0) is 66.9 Å². The fourth-order valence-electron chi connectivity index (χ4n) is 2.79. The van der Waals surface area contributed by atoms with Crippen molar-refractivity contribution in [3.8, 4) is 10.4 Å². The average Bonchev–Trinajstić information content (AvgIpc) is 3.41. The molecule has 2 amide bonds. The molecule has 1 aromatic heterocycles. The van der Waals surface area contributed by atoms with Gasteiger partial charge in [0.25, 0.3) is 5.91 Å². The summed E-state index contributed by atoms with van der Waals surface area (Å²) >= 11 is 1.52. The van der Waals surface area contributed by atoms with Gasteiger partial charge in [-0.15, -0.1) is 11.3 Å². The second-order valence-electron chi connectivity index (χ2n) is 6.86. The van der Waals surface area contributed by atoms with E-state index in [4.69, 9.17) is 0 Å². The molecular formula is C23H19FN2O2S. The van der Waals surface area contributed by atoms with Crippen molar-refractivity contribution < 1.29 is 14.0 Å². The molecule has 3 aromatic rings. The van der Waals surface area contributed by atoms with E-state index in [1.54, 1.807) is 42.5 Å². The number of carbonyl (C=O) groups excluding carboxylic acids is 2. The highest BCUT2D eigenvalue weighted by Crippen LogP contribution is 2.29. The summed E-state index contributed by atoms with van der Waals surface area (Å²) in [5.41, 5.74) is 2.03. The van der Waals surface area contributed by atoms with Crippen LogP contribution in [0.15, 0.2) is 66.7 Å². The number of carbonyl (C=O) groups is 2. The van der Waals surface area contributed by atoms with E-state index in [1.807, 2.05) is 12.1 Å². The van der Waals surface area contributed by atoms with Crippen LogP contribution in [0.25, 0.3) is 16.5 Å². The second kappa shape index (κ2) is 8.41. The van der Waals surface area contributed by atoms with E-state index in [0.717, 1.165) is 28.2 Å². The van der Waals surface area contributed by atoms with Crippen molar-refractivity contribution in [2.24, 2.45) is 0 Å². The Labute approximate surface area is 172 Å². The highest BCUT2D eigenvalue weighted by atomic mass is 32.1.